The molecular formula is C14H15N3O4. The van der Waals surface area contributed by atoms with Gasteiger partial charge in [0.2, 0.25) is 0 Å². The number of benzene rings is 1. The fourth-order valence-corrected chi connectivity index (χ4v) is 1.51. The predicted molar refractivity (Wildman–Crippen MR) is 78.2 cm³/mol. The maximum Gasteiger partial charge on any atom is 0.271 e. The number of nitro groups is 1. The third-order valence-corrected chi connectivity index (χ3v) is 2.47. The lowest BCUT2D eigenvalue weighted by Gasteiger charge is -2.06. The van der Waals surface area contributed by atoms with Gasteiger partial charge in [-0.25, -0.2) is 0 Å². The Labute approximate surface area is 121 Å². The Bertz CT molecular complexity index is 554. The zero-order chi connectivity index (χ0) is 15.8. The second-order valence-electron chi connectivity index (χ2n) is 4.02. The number of hydrogen-bond acceptors (Lipinski definition) is 4. The maximum absolute atomic E-state index is 11.8. The van der Waals surface area contributed by atoms with Crippen molar-refractivity contribution in [2.24, 2.45) is 0 Å². The molecule has 0 bridgehead atoms. The SMILES string of the molecule is C=CCNC(=O)c1cc(C(=O)NCC=C)cc([N+](=O)[O-])c1. The Morgan fingerprint density at radius 2 is 1.48 bits per heavy atom. The van der Waals surface area contributed by atoms with Gasteiger partial charge in [-0.3, -0.25) is 19.7 Å². The minimum absolute atomic E-state index is 0.0369. The first kappa shape index (κ1) is 16.1. The molecule has 0 aliphatic heterocycles. The van der Waals surface area contributed by atoms with Crippen LogP contribution in [-0.4, -0.2) is 29.8 Å². The van der Waals surface area contributed by atoms with Gasteiger partial charge in [-0.05, 0) is 6.07 Å². The van der Waals surface area contributed by atoms with E-state index >= 15 is 0 Å². The van der Waals surface area contributed by atoms with E-state index in [9.17, 15) is 19.7 Å². The Kier molecular flexibility index (Phi) is 5.81. The molecule has 0 aromatic heterocycles. The molecule has 1 aromatic carbocycles. The fourth-order valence-electron chi connectivity index (χ4n) is 1.51. The fraction of sp³-hybridized carbons (Fsp3) is 0.143. The van der Waals surface area contributed by atoms with E-state index in [2.05, 4.69) is 23.8 Å². The molecule has 21 heavy (non-hydrogen) atoms. The lowest BCUT2D eigenvalue weighted by molar-refractivity contribution is -0.384. The van der Waals surface area contributed by atoms with Gasteiger partial charge < -0.3 is 10.6 Å². The van der Waals surface area contributed by atoms with Gasteiger partial charge >= 0.3 is 0 Å². The van der Waals surface area contributed by atoms with Crippen molar-refractivity contribution in [2.75, 3.05) is 13.1 Å². The molecule has 0 unspecified atom stereocenters. The van der Waals surface area contributed by atoms with E-state index < -0.39 is 16.7 Å². The topological polar surface area (TPSA) is 101 Å². The van der Waals surface area contributed by atoms with Crippen LogP contribution >= 0.6 is 0 Å². The quantitative estimate of drug-likeness (QED) is 0.450. The summed E-state index contributed by atoms with van der Waals surface area (Å²) in [5.74, 6) is -1.03. The van der Waals surface area contributed by atoms with Crippen LogP contribution in [0.2, 0.25) is 0 Å². The molecule has 2 N–H and O–H groups in total. The molecule has 0 saturated carbocycles. The van der Waals surface area contributed by atoms with Crippen molar-refractivity contribution in [3.63, 3.8) is 0 Å². The van der Waals surface area contributed by atoms with Gasteiger partial charge in [0.15, 0.2) is 0 Å². The molecule has 1 aromatic rings. The van der Waals surface area contributed by atoms with Crippen molar-refractivity contribution < 1.29 is 14.5 Å². The molecule has 0 heterocycles. The van der Waals surface area contributed by atoms with Gasteiger partial charge in [0.05, 0.1) is 4.92 Å². The number of nitrogens with one attached hydrogen (secondary N) is 2. The summed E-state index contributed by atoms with van der Waals surface area (Å²) in [6.07, 6.45) is 2.96. The maximum atomic E-state index is 11.8. The normalized spacial score (nSPS) is 9.52. The summed E-state index contributed by atoms with van der Waals surface area (Å²) in [6.45, 7) is 7.35. The van der Waals surface area contributed by atoms with Gasteiger partial charge in [-0.15, -0.1) is 13.2 Å². The van der Waals surface area contributed by atoms with Crippen molar-refractivity contribution in [1.82, 2.24) is 10.6 Å². The first-order valence-corrected chi connectivity index (χ1v) is 6.07. The molecule has 0 saturated heterocycles. The largest absolute Gasteiger partial charge is 0.349 e. The van der Waals surface area contributed by atoms with E-state index in [-0.39, 0.29) is 29.9 Å². The molecule has 110 valence electrons. The lowest BCUT2D eigenvalue weighted by atomic mass is 10.1. The Morgan fingerprint density at radius 3 is 1.81 bits per heavy atom. The molecule has 0 spiro atoms. The summed E-state index contributed by atoms with van der Waals surface area (Å²) in [5, 5.41) is 15.9. The molecule has 7 heteroatoms. The van der Waals surface area contributed by atoms with Gasteiger partial charge in [0, 0.05) is 36.3 Å². The van der Waals surface area contributed by atoms with Crippen molar-refractivity contribution >= 4 is 17.5 Å². The van der Waals surface area contributed by atoms with Crippen LogP contribution in [0.5, 0.6) is 0 Å². The summed E-state index contributed by atoms with van der Waals surface area (Å²) in [4.78, 5) is 33.9. The van der Waals surface area contributed by atoms with Gasteiger partial charge in [0.25, 0.3) is 17.5 Å². The first-order chi connectivity index (χ1) is 9.99. The Balaban J connectivity index is 3.13. The van der Waals surface area contributed by atoms with Crippen LogP contribution in [0.3, 0.4) is 0 Å². The van der Waals surface area contributed by atoms with E-state index in [0.717, 1.165) is 12.1 Å². The van der Waals surface area contributed by atoms with Gasteiger partial charge in [-0.1, -0.05) is 12.2 Å². The van der Waals surface area contributed by atoms with Crippen LogP contribution in [0.25, 0.3) is 0 Å². The number of nitro benzene ring substituents is 1. The number of non-ortho nitro benzene ring substituents is 1. The lowest BCUT2D eigenvalue weighted by Crippen LogP contribution is -2.26. The van der Waals surface area contributed by atoms with Gasteiger partial charge in [0.1, 0.15) is 0 Å². The number of carbonyl (C=O) groups excluding carboxylic acids is 2. The summed E-state index contributed by atoms with van der Waals surface area (Å²) in [7, 11) is 0. The van der Waals surface area contributed by atoms with E-state index in [4.69, 9.17) is 0 Å². The van der Waals surface area contributed by atoms with Crippen molar-refractivity contribution in [3.05, 3.63) is 64.8 Å². The highest BCUT2D eigenvalue weighted by atomic mass is 16.6. The zero-order valence-corrected chi connectivity index (χ0v) is 11.3. The van der Waals surface area contributed by atoms with Gasteiger partial charge in [-0.2, -0.15) is 0 Å². The average molecular weight is 289 g/mol. The van der Waals surface area contributed by atoms with Crippen LogP contribution in [0.15, 0.2) is 43.5 Å². The number of hydrogen-bond donors (Lipinski definition) is 2. The van der Waals surface area contributed by atoms with E-state index in [1.807, 2.05) is 0 Å². The smallest absolute Gasteiger partial charge is 0.271 e. The zero-order valence-electron chi connectivity index (χ0n) is 11.3. The molecule has 1 rings (SSSR count). The Hall–Kier alpha value is -2.96. The van der Waals surface area contributed by atoms with E-state index in [1.54, 1.807) is 0 Å². The Morgan fingerprint density at radius 1 is 1.05 bits per heavy atom. The number of nitrogens with zero attached hydrogens (tertiary/aromatic N) is 1. The minimum Gasteiger partial charge on any atom is -0.349 e. The monoisotopic (exact) mass is 289 g/mol. The molecule has 7 nitrogen and oxygen atoms in total. The minimum atomic E-state index is -0.658. The van der Waals surface area contributed by atoms with Crippen molar-refractivity contribution in [3.8, 4) is 0 Å². The van der Waals surface area contributed by atoms with E-state index in [1.165, 1.54) is 18.2 Å². The van der Waals surface area contributed by atoms with E-state index in [0.29, 0.717) is 0 Å². The number of rotatable bonds is 7. The molecular weight excluding hydrogens is 274 g/mol. The van der Waals surface area contributed by atoms with Crippen LogP contribution in [0, 0.1) is 10.1 Å². The standard InChI is InChI=1S/C14H15N3O4/c1-3-5-15-13(18)10-7-11(14(19)16-6-4-2)9-12(8-10)17(20)21/h3-4,7-9H,1-2,5-6H2,(H,15,18)(H,16,19). The second-order valence-corrected chi connectivity index (χ2v) is 4.02. The third kappa shape index (κ3) is 4.57. The average Bonchev–Trinajstić information content (AvgIpc) is 2.49. The first-order valence-electron chi connectivity index (χ1n) is 6.07. The third-order valence-electron chi connectivity index (χ3n) is 2.47. The van der Waals surface area contributed by atoms with Crippen molar-refractivity contribution in [2.45, 2.75) is 0 Å². The number of amides is 2. The predicted octanol–water partition coefficient (Wildman–Crippen LogP) is 1.43. The molecule has 0 aliphatic carbocycles. The van der Waals surface area contributed by atoms with Crippen LogP contribution in [0.1, 0.15) is 20.7 Å². The summed E-state index contributed by atoms with van der Waals surface area (Å²) in [6, 6.07) is 3.52. The highest BCUT2D eigenvalue weighted by Gasteiger charge is 2.17. The highest BCUT2D eigenvalue weighted by Crippen LogP contribution is 2.17. The molecule has 2 amide bonds. The number of carbonyl (C=O) groups is 2. The van der Waals surface area contributed by atoms with Crippen molar-refractivity contribution in [1.29, 1.82) is 0 Å². The molecule has 0 atom stereocenters. The van der Waals surface area contributed by atoms with Crippen LogP contribution < -0.4 is 10.6 Å². The summed E-state index contributed by atoms with van der Waals surface area (Å²) < 4.78 is 0. The summed E-state index contributed by atoms with van der Waals surface area (Å²) in [5.41, 5.74) is -0.255. The summed E-state index contributed by atoms with van der Waals surface area (Å²) >= 11 is 0. The molecule has 0 radical (unpaired) electrons. The molecule has 0 fully saturated rings. The highest BCUT2D eigenvalue weighted by molar-refractivity contribution is 6.00. The van der Waals surface area contributed by atoms with Crippen LogP contribution in [0.4, 0.5) is 5.69 Å². The second kappa shape index (κ2) is 7.59. The molecule has 0 aliphatic rings. The van der Waals surface area contributed by atoms with Crippen LogP contribution in [-0.2, 0) is 0 Å².